The highest BCUT2D eigenvalue weighted by molar-refractivity contribution is 5.06. The topological polar surface area (TPSA) is 29.3 Å². The van der Waals surface area contributed by atoms with Crippen molar-refractivity contribution >= 4 is 0 Å². The third kappa shape index (κ3) is 3.32. The molecule has 0 spiro atoms. The van der Waals surface area contributed by atoms with Gasteiger partial charge in [-0.1, -0.05) is 27.7 Å². The average Bonchev–Trinajstić information content (AvgIpc) is 2.65. The van der Waals surface area contributed by atoms with Gasteiger partial charge in [0.2, 0.25) is 5.89 Å². The molecule has 0 aliphatic carbocycles. The molecule has 0 aromatic carbocycles. The van der Waals surface area contributed by atoms with Gasteiger partial charge in [0, 0.05) is 12.0 Å². The smallest absolute Gasteiger partial charge is 0.208 e. The average molecular weight is 236 g/mol. The lowest BCUT2D eigenvalue weighted by molar-refractivity contribution is 0.160. The molecule has 1 aliphatic heterocycles. The molecule has 0 unspecified atom stereocenters. The van der Waals surface area contributed by atoms with Gasteiger partial charge in [-0.25, -0.2) is 4.98 Å². The second-order valence-corrected chi connectivity index (χ2v) is 6.35. The minimum atomic E-state index is 0.0560. The molecule has 0 bridgehead atoms. The van der Waals surface area contributed by atoms with Gasteiger partial charge in [0.1, 0.15) is 5.76 Å². The monoisotopic (exact) mass is 236 g/mol. The van der Waals surface area contributed by atoms with E-state index < -0.39 is 0 Å². The molecule has 1 aliphatic rings. The lowest BCUT2D eigenvalue weighted by atomic mass is 9.94. The Morgan fingerprint density at radius 2 is 2.24 bits per heavy atom. The Labute approximate surface area is 104 Å². The molecule has 1 aromatic heterocycles. The molecule has 0 saturated carbocycles. The number of rotatable bonds is 2. The van der Waals surface area contributed by atoms with Crippen molar-refractivity contribution in [1.29, 1.82) is 0 Å². The van der Waals surface area contributed by atoms with Gasteiger partial charge in [-0.05, 0) is 25.3 Å². The van der Waals surface area contributed by atoms with Crippen LogP contribution in [0.25, 0.3) is 0 Å². The van der Waals surface area contributed by atoms with E-state index in [1.54, 1.807) is 0 Å². The maximum Gasteiger partial charge on any atom is 0.208 e. The van der Waals surface area contributed by atoms with E-state index in [0.717, 1.165) is 24.1 Å². The predicted octanol–water partition coefficient (Wildman–Crippen LogP) is 3.20. The van der Waals surface area contributed by atoms with Gasteiger partial charge in [-0.15, -0.1) is 0 Å². The summed E-state index contributed by atoms with van der Waals surface area (Å²) in [6.45, 7) is 12.0. The minimum Gasteiger partial charge on any atom is -0.444 e. The Morgan fingerprint density at radius 1 is 1.47 bits per heavy atom. The van der Waals surface area contributed by atoms with Gasteiger partial charge in [0.05, 0.1) is 12.7 Å². The van der Waals surface area contributed by atoms with Crippen LogP contribution in [0.1, 0.15) is 52.2 Å². The molecular weight excluding hydrogens is 212 g/mol. The van der Waals surface area contributed by atoms with Gasteiger partial charge < -0.3 is 4.42 Å². The molecule has 1 saturated heterocycles. The van der Waals surface area contributed by atoms with Gasteiger partial charge in [-0.3, -0.25) is 4.90 Å². The molecular formula is C14H24N2O. The first-order valence-electron chi connectivity index (χ1n) is 6.62. The summed E-state index contributed by atoms with van der Waals surface area (Å²) >= 11 is 0. The fraction of sp³-hybridized carbons (Fsp3) is 0.786. The van der Waals surface area contributed by atoms with E-state index in [-0.39, 0.29) is 5.41 Å². The van der Waals surface area contributed by atoms with Crippen LogP contribution >= 0.6 is 0 Å². The normalized spacial score (nSPS) is 22.9. The van der Waals surface area contributed by atoms with E-state index in [2.05, 4.69) is 37.6 Å². The third-order valence-corrected chi connectivity index (χ3v) is 3.39. The quantitative estimate of drug-likeness (QED) is 0.789. The zero-order chi connectivity index (χ0) is 12.5. The maximum atomic E-state index is 5.83. The van der Waals surface area contributed by atoms with Crippen LogP contribution in [-0.2, 0) is 12.0 Å². The first-order chi connectivity index (χ1) is 7.95. The molecule has 1 fully saturated rings. The third-order valence-electron chi connectivity index (χ3n) is 3.39. The predicted molar refractivity (Wildman–Crippen MR) is 68.9 cm³/mol. The lowest BCUT2D eigenvalue weighted by Crippen LogP contribution is -2.33. The van der Waals surface area contributed by atoms with Crippen LogP contribution in [0.3, 0.4) is 0 Å². The Bertz CT molecular complexity index is 365. The summed E-state index contributed by atoms with van der Waals surface area (Å²) in [5.41, 5.74) is 0.0560. The summed E-state index contributed by atoms with van der Waals surface area (Å²) in [7, 11) is 0. The number of nitrogens with zero attached hydrogens (tertiary/aromatic N) is 2. The van der Waals surface area contributed by atoms with Crippen LogP contribution in [0.2, 0.25) is 0 Å². The van der Waals surface area contributed by atoms with Crippen molar-refractivity contribution in [3.63, 3.8) is 0 Å². The summed E-state index contributed by atoms with van der Waals surface area (Å²) in [6.07, 6.45) is 4.53. The van der Waals surface area contributed by atoms with E-state index in [1.165, 1.54) is 25.9 Å². The highest BCUT2D eigenvalue weighted by Crippen LogP contribution is 2.24. The number of oxazole rings is 1. The Hall–Kier alpha value is -0.830. The minimum absolute atomic E-state index is 0.0560. The van der Waals surface area contributed by atoms with Crippen molar-refractivity contribution in [2.45, 2.75) is 52.5 Å². The summed E-state index contributed by atoms with van der Waals surface area (Å²) in [5.74, 6) is 2.65. The van der Waals surface area contributed by atoms with E-state index >= 15 is 0 Å². The van der Waals surface area contributed by atoms with Crippen LogP contribution in [0.4, 0.5) is 0 Å². The zero-order valence-corrected chi connectivity index (χ0v) is 11.5. The molecule has 2 rings (SSSR count). The maximum absolute atomic E-state index is 5.83. The summed E-state index contributed by atoms with van der Waals surface area (Å²) in [6, 6.07) is 0. The highest BCUT2D eigenvalue weighted by Gasteiger charge is 2.21. The fourth-order valence-electron chi connectivity index (χ4n) is 2.35. The van der Waals surface area contributed by atoms with Gasteiger partial charge in [-0.2, -0.15) is 0 Å². The molecule has 3 heteroatoms. The SMILES string of the molecule is C[C@@H]1CCCN(Cc2ncc(C(C)(C)C)o2)C1. The van der Waals surface area contributed by atoms with Gasteiger partial charge in [0.15, 0.2) is 0 Å². The fourth-order valence-corrected chi connectivity index (χ4v) is 2.35. The van der Waals surface area contributed by atoms with Crippen LogP contribution in [0.15, 0.2) is 10.6 Å². The van der Waals surface area contributed by atoms with E-state index in [9.17, 15) is 0 Å². The van der Waals surface area contributed by atoms with Crippen LogP contribution < -0.4 is 0 Å². The van der Waals surface area contributed by atoms with Crippen molar-refractivity contribution in [2.75, 3.05) is 13.1 Å². The van der Waals surface area contributed by atoms with Crippen LogP contribution in [0.5, 0.6) is 0 Å². The first-order valence-corrected chi connectivity index (χ1v) is 6.62. The molecule has 3 nitrogen and oxygen atoms in total. The largest absolute Gasteiger partial charge is 0.444 e. The number of piperidine rings is 1. The molecule has 2 heterocycles. The Balaban J connectivity index is 1.97. The molecule has 1 aromatic rings. The lowest BCUT2D eigenvalue weighted by Gasteiger charge is -2.29. The number of hydrogen-bond acceptors (Lipinski definition) is 3. The molecule has 0 radical (unpaired) electrons. The second-order valence-electron chi connectivity index (χ2n) is 6.35. The number of likely N-dealkylation sites (tertiary alicyclic amines) is 1. The second kappa shape index (κ2) is 4.81. The molecule has 0 N–H and O–H groups in total. The molecule has 96 valence electrons. The van der Waals surface area contributed by atoms with E-state index in [1.807, 2.05) is 6.20 Å². The summed E-state index contributed by atoms with van der Waals surface area (Å²) in [5, 5.41) is 0. The van der Waals surface area contributed by atoms with Crippen molar-refractivity contribution in [3.8, 4) is 0 Å². The van der Waals surface area contributed by atoms with Crippen LogP contribution in [-0.4, -0.2) is 23.0 Å². The summed E-state index contributed by atoms with van der Waals surface area (Å²) < 4.78 is 5.83. The molecule has 1 atom stereocenters. The standard InChI is InChI=1S/C14H24N2O/c1-11-6-5-7-16(9-11)10-13-15-8-12(17-13)14(2,3)4/h8,11H,5-7,9-10H2,1-4H3/t11-/m1/s1. The van der Waals surface area contributed by atoms with Crippen molar-refractivity contribution in [1.82, 2.24) is 9.88 Å². The van der Waals surface area contributed by atoms with Crippen LogP contribution in [0, 0.1) is 5.92 Å². The van der Waals surface area contributed by atoms with E-state index in [4.69, 9.17) is 4.42 Å². The number of aromatic nitrogens is 1. The highest BCUT2D eigenvalue weighted by atomic mass is 16.4. The Morgan fingerprint density at radius 3 is 2.82 bits per heavy atom. The van der Waals surface area contributed by atoms with Gasteiger partial charge in [0.25, 0.3) is 0 Å². The van der Waals surface area contributed by atoms with Gasteiger partial charge >= 0.3 is 0 Å². The molecule has 0 amide bonds. The van der Waals surface area contributed by atoms with Crippen molar-refractivity contribution in [2.24, 2.45) is 5.92 Å². The zero-order valence-electron chi connectivity index (χ0n) is 11.5. The summed E-state index contributed by atoms with van der Waals surface area (Å²) in [4.78, 5) is 6.84. The van der Waals surface area contributed by atoms with E-state index in [0.29, 0.717) is 0 Å². The first kappa shape index (κ1) is 12.6. The Kier molecular flexibility index (Phi) is 3.57. The number of hydrogen-bond donors (Lipinski definition) is 0. The molecule has 17 heavy (non-hydrogen) atoms. The van der Waals surface area contributed by atoms with Crippen molar-refractivity contribution < 1.29 is 4.42 Å². The van der Waals surface area contributed by atoms with Crippen molar-refractivity contribution in [3.05, 3.63) is 17.8 Å².